The Hall–Kier alpha value is -1.09. The monoisotopic (exact) mass is 283 g/mol. The molecule has 1 saturated heterocycles. The van der Waals surface area contributed by atoms with Crippen LogP contribution in [0.1, 0.15) is 38.2 Å². The van der Waals surface area contributed by atoms with E-state index in [0.29, 0.717) is 16.6 Å². The van der Waals surface area contributed by atoms with Gasteiger partial charge in [0.2, 0.25) is 5.91 Å². The molecule has 1 heterocycles. The summed E-state index contributed by atoms with van der Waals surface area (Å²) in [7, 11) is 0. The fourth-order valence-corrected chi connectivity index (χ4v) is 2.92. The van der Waals surface area contributed by atoms with Crippen LogP contribution in [0, 0.1) is 5.82 Å². The quantitative estimate of drug-likeness (QED) is 0.826. The molecule has 104 valence electrons. The van der Waals surface area contributed by atoms with Gasteiger partial charge in [-0.25, -0.2) is 4.39 Å². The van der Waals surface area contributed by atoms with Gasteiger partial charge in [0.05, 0.1) is 6.42 Å². The number of carbonyl (C=O) groups is 1. The third-order valence-corrected chi connectivity index (χ3v) is 4.13. The molecule has 0 radical (unpaired) electrons. The molecule has 0 spiro atoms. The maximum atomic E-state index is 13.0. The molecule has 1 aliphatic rings. The van der Waals surface area contributed by atoms with E-state index in [-0.39, 0.29) is 18.1 Å². The molecule has 1 fully saturated rings. The van der Waals surface area contributed by atoms with E-state index in [9.17, 15) is 9.18 Å². The highest BCUT2D eigenvalue weighted by atomic mass is 35.5. The van der Waals surface area contributed by atoms with Gasteiger partial charge in [-0.3, -0.25) is 4.79 Å². The summed E-state index contributed by atoms with van der Waals surface area (Å²) >= 11 is 5.97. The third kappa shape index (κ3) is 3.47. The molecular formula is C15H19ClFNO. The molecular weight excluding hydrogens is 265 g/mol. The maximum absolute atomic E-state index is 13.0. The molecule has 1 atom stereocenters. The molecule has 19 heavy (non-hydrogen) atoms. The van der Waals surface area contributed by atoms with Crippen molar-refractivity contribution in [2.75, 3.05) is 6.54 Å². The summed E-state index contributed by atoms with van der Waals surface area (Å²) in [5.74, 6) is -0.273. The summed E-state index contributed by atoms with van der Waals surface area (Å²) in [5.41, 5.74) is 0.702. The van der Waals surface area contributed by atoms with Crippen molar-refractivity contribution in [2.45, 2.75) is 45.1 Å². The number of hydrogen-bond donors (Lipinski definition) is 0. The summed E-state index contributed by atoms with van der Waals surface area (Å²) in [5, 5.41) is 0.332. The molecule has 1 amide bonds. The molecule has 0 bridgehead atoms. The minimum absolute atomic E-state index is 0.0973. The summed E-state index contributed by atoms with van der Waals surface area (Å²) in [6.07, 6.45) is 4.59. The molecule has 0 N–H and O–H groups in total. The summed E-state index contributed by atoms with van der Waals surface area (Å²) in [4.78, 5) is 14.3. The second-order valence-corrected chi connectivity index (χ2v) is 5.46. The highest BCUT2D eigenvalue weighted by Crippen LogP contribution is 2.23. The fraction of sp³-hybridized carbons (Fsp3) is 0.533. The molecule has 0 saturated carbocycles. The Labute approximate surface area is 118 Å². The second kappa shape index (κ2) is 6.38. The van der Waals surface area contributed by atoms with Crippen LogP contribution in [0.4, 0.5) is 4.39 Å². The standard InChI is InChI=1S/C15H19ClFNO/c1-2-13-5-3-4-8-18(13)15(19)9-11-6-7-12(17)10-14(11)16/h6-7,10,13H,2-5,8-9H2,1H3. The number of piperidine rings is 1. The highest BCUT2D eigenvalue weighted by molar-refractivity contribution is 6.31. The zero-order valence-corrected chi connectivity index (χ0v) is 11.9. The molecule has 4 heteroatoms. The van der Waals surface area contributed by atoms with Crippen molar-refractivity contribution in [1.82, 2.24) is 4.90 Å². The first-order valence-corrected chi connectivity index (χ1v) is 7.23. The van der Waals surface area contributed by atoms with Crippen LogP contribution in [0.5, 0.6) is 0 Å². The van der Waals surface area contributed by atoms with Crippen molar-refractivity contribution in [1.29, 1.82) is 0 Å². The molecule has 1 unspecified atom stereocenters. The zero-order valence-electron chi connectivity index (χ0n) is 11.2. The van der Waals surface area contributed by atoms with Crippen molar-refractivity contribution < 1.29 is 9.18 Å². The van der Waals surface area contributed by atoms with E-state index < -0.39 is 0 Å². The number of likely N-dealkylation sites (tertiary alicyclic amines) is 1. The highest BCUT2D eigenvalue weighted by Gasteiger charge is 2.25. The Bertz CT molecular complexity index is 463. The Morgan fingerprint density at radius 1 is 1.47 bits per heavy atom. The second-order valence-electron chi connectivity index (χ2n) is 5.06. The number of carbonyl (C=O) groups excluding carboxylic acids is 1. The number of halogens is 2. The minimum Gasteiger partial charge on any atom is -0.339 e. The summed E-state index contributed by atoms with van der Waals surface area (Å²) in [6, 6.07) is 4.56. The number of amides is 1. The maximum Gasteiger partial charge on any atom is 0.227 e. The first kappa shape index (κ1) is 14.3. The van der Waals surface area contributed by atoms with Crippen LogP contribution < -0.4 is 0 Å². The SMILES string of the molecule is CCC1CCCCN1C(=O)Cc1ccc(F)cc1Cl. The van der Waals surface area contributed by atoms with Crippen molar-refractivity contribution >= 4 is 17.5 Å². The van der Waals surface area contributed by atoms with E-state index in [1.54, 1.807) is 6.07 Å². The van der Waals surface area contributed by atoms with E-state index in [0.717, 1.165) is 25.8 Å². The molecule has 0 aromatic heterocycles. The van der Waals surface area contributed by atoms with E-state index in [1.165, 1.54) is 18.6 Å². The van der Waals surface area contributed by atoms with Crippen LogP contribution >= 0.6 is 11.6 Å². The lowest BCUT2D eigenvalue weighted by molar-refractivity contribution is -0.134. The van der Waals surface area contributed by atoms with Gasteiger partial charge in [0.1, 0.15) is 5.82 Å². The zero-order chi connectivity index (χ0) is 13.8. The largest absolute Gasteiger partial charge is 0.339 e. The normalized spacial score (nSPS) is 19.5. The first-order valence-electron chi connectivity index (χ1n) is 6.85. The lowest BCUT2D eigenvalue weighted by Gasteiger charge is -2.35. The van der Waals surface area contributed by atoms with Gasteiger partial charge in [-0.05, 0) is 43.4 Å². The topological polar surface area (TPSA) is 20.3 Å². The van der Waals surface area contributed by atoms with Gasteiger partial charge < -0.3 is 4.90 Å². The smallest absolute Gasteiger partial charge is 0.227 e. The molecule has 0 aliphatic carbocycles. The Kier molecular flexibility index (Phi) is 4.81. The number of rotatable bonds is 3. The average Bonchev–Trinajstić information content (AvgIpc) is 2.41. The van der Waals surface area contributed by atoms with Crippen LogP contribution in [0.15, 0.2) is 18.2 Å². The molecule has 2 rings (SSSR count). The van der Waals surface area contributed by atoms with Gasteiger partial charge in [0.25, 0.3) is 0 Å². The van der Waals surface area contributed by atoms with Gasteiger partial charge in [-0.1, -0.05) is 24.6 Å². The van der Waals surface area contributed by atoms with Gasteiger partial charge in [-0.2, -0.15) is 0 Å². The van der Waals surface area contributed by atoms with Gasteiger partial charge in [-0.15, -0.1) is 0 Å². The van der Waals surface area contributed by atoms with E-state index >= 15 is 0 Å². The molecule has 2 nitrogen and oxygen atoms in total. The minimum atomic E-state index is -0.370. The molecule has 1 aromatic rings. The predicted molar refractivity (Wildman–Crippen MR) is 74.8 cm³/mol. The Balaban J connectivity index is 2.07. The van der Waals surface area contributed by atoms with E-state index in [1.807, 2.05) is 4.90 Å². The lowest BCUT2D eigenvalue weighted by Crippen LogP contribution is -2.44. The van der Waals surface area contributed by atoms with Crippen LogP contribution in [-0.2, 0) is 11.2 Å². The van der Waals surface area contributed by atoms with Crippen molar-refractivity contribution in [3.05, 3.63) is 34.6 Å². The first-order chi connectivity index (χ1) is 9.11. The van der Waals surface area contributed by atoms with Crippen LogP contribution in [0.25, 0.3) is 0 Å². The predicted octanol–water partition coefficient (Wildman–Crippen LogP) is 3.81. The van der Waals surface area contributed by atoms with Crippen LogP contribution in [-0.4, -0.2) is 23.4 Å². The van der Waals surface area contributed by atoms with Gasteiger partial charge in [0, 0.05) is 17.6 Å². The number of nitrogens with zero attached hydrogens (tertiary/aromatic N) is 1. The van der Waals surface area contributed by atoms with E-state index in [2.05, 4.69) is 6.92 Å². The van der Waals surface area contributed by atoms with Crippen LogP contribution in [0.2, 0.25) is 5.02 Å². The van der Waals surface area contributed by atoms with E-state index in [4.69, 9.17) is 11.6 Å². The lowest BCUT2D eigenvalue weighted by atomic mass is 9.99. The van der Waals surface area contributed by atoms with Crippen LogP contribution in [0.3, 0.4) is 0 Å². The third-order valence-electron chi connectivity index (χ3n) is 3.78. The Morgan fingerprint density at radius 2 is 2.26 bits per heavy atom. The van der Waals surface area contributed by atoms with Crippen molar-refractivity contribution in [3.8, 4) is 0 Å². The summed E-state index contributed by atoms with van der Waals surface area (Å²) < 4.78 is 13.0. The number of hydrogen-bond acceptors (Lipinski definition) is 1. The summed E-state index contributed by atoms with van der Waals surface area (Å²) in [6.45, 7) is 2.94. The van der Waals surface area contributed by atoms with Crippen molar-refractivity contribution in [3.63, 3.8) is 0 Å². The average molecular weight is 284 g/mol. The van der Waals surface area contributed by atoms with Gasteiger partial charge in [0.15, 0.2) is 0 Å². The van der Waals surface area contributed by atoms with Gasteiger partial charge >= 0.3 is 0 Å². The molecule has 1 aromatic carbocycles. The Morgan fingerprint density at radius 3 is 2.95 bits per heavy atom. The molecule has 1 aliphatic heterocycles. The fourth-order valence-electron chi connectivity index (χ4n) is 2.68. The number of benzene rings is 1. The van der Waals surface area contributed by atoms with Crippen molar-refractivity contribution in [2.24, 2.45) is 0 Å².